The molecule has 0 aromatic rings. The number of nitrogens with zero attached hydrogens (tertiary/aromatic N) is 1. The van der Waals surface area contributed by atoms with E-state index < -0.39 is 0 Å². The molecule has 11 heavy (non-hydrogen) atoms. The number of nitrogens with one attached hydrogen (secondary N) is 1. The molecule has 1 heterocycles. The van der Waals surface area contributed by atoms with Gasteiger partial charge in [0, 0.05) is 6.42 Å². The van der Waals surface area contributed by atoms with Crippen LogP contribution in [0.2, 0.25) is 0 Å². The molecule has 1 N–H and O–H groups in total. The molecule has 0 unspecified atom stereocenters. The molecule has 0 saturated carbocycles. The number of oxime groups is 1. The Balaban J connectivity index is 2.47. The summed E-state index contributed by atoms with van der Waals surface area (Å²) in [5, 5.41) is 12.5. The van der Waals surface area contributed by atoms with E-state index >= 15 is 0 Å². The summed E-state index contributed by atoms with van der Waals surface area (Å²) < 4.78 is 0. The minimum atomic E-state index is -0.169. The molecule has 0 aliphatic carbocycles. The van der Waals surface area contributed by atoms with Crippen LogP contribution < -0.4 is 0 Å². The normalized spacial score (nSPS) is 20.8. The zero-order valence-corrected chi connectivity index (χ0v) is 7.79. The van der Waals surface area contributed by atoms with E-state index in [9.17, 15) is 0 Å². The number of hydrogen-bond acceptors (Lipinski definition) is 4. The van der Waals surface area contributed by atoms with E-state index in [0.29, 0.717) is 5.04 Å². The van der Waals surface area contributed by atoms with Crippen molar-refractivity contribution in [2.45, 2.75) is 32.8 Å². The summed E-state index contributed by atoms with van der Waals surface area (Å²) in [6.07, 6.45) is 0.813. The molecule has 1 aliphatic heterocycles. The molecule has 62 valence electrons. The van der Waals surface area contributed by atoms with Gasteiger partial charge >= 0.3 is 0 Å². The van der Waals surface area contributed by atoms with Crippen LogP contribution in [0.3, 0.4) is 0 Å². The van der Waals surface area contributed by atoms with E-state index in [1.54, 1.807) is 6.92 Å². The van der Waals surface area contributed by atoms with Gasteiger partial charge in [-0.3, -0.25) is 5.41 Å². The second-order valence-corrected chi connectivity index (χ2v) is 4.46. The summed E-state index contributed by atoms with van der Waals surface area (Å²) in [4.78, 5) is 5.12. The van der Waals surface area contributed by atoms with E-state index in [1.165, 1.54) is 11.8 Å². The number of hydrogen-bond donors (Lipinski definition) is 1. The molecule has 0 saturated heterocycles. The zero-order chi connectivity index (χ0) is 8.48. The summed E-state index contributed by atoms with van der Waals surface area (Å²) in [5.41, 5.74) is -0.169. The molecule has 0 aromatic heterocycles. The van der Waals surface area contributed by atoms with Crippen molar-refractivity contribution >= 4 is 21.8 Å². The predicted molar refractivity (Wildman–Crippen MR) is 48.2 cm³/mol. The standard InChI is InChI=1S/C7H12N2OS/c1-5(8)11-6-4-7(2,3)10-9-6/h8H,4H2,1-3H3. The lowest BCUT2D eigenvalue weighted by Gasteiger charge is -2.12. The van der Waals surface area contributed by atoms with Gasteiger partial charge in [-0.25, -0.2) is 0 Å². The van der Waals surface area contributed by atoms with Crippen molar-refractivity contribution in [3.8, 4) is 0 Å². The summed E-state index contributed by atoms with van der Waals surface area (Å²) >= 11 is 1.37. The van der Waals surface area contributed by atoms with Gasteiger partial charge in [-0.2, -0.15) is 0 Å². The molecule has 0 radical (unpaired) electrons. The second-order valence-electron chi connectivity index (χ2n) is 3.17. The van der Waals surface area contributed by atoms with Crippen molar-refractivity contribution in [3.05, 3.63) is 0 Å². The van der Waals surface area contributed by atoms with Gasteiger partial charge in [-0.1, -0.05) is 16.9 Å². The third kappa shape index (κ3) is 2.54. The highest BCUT2D eigenvalue weighted by Gasteiger charge is 2.29. The summed E-state index contributed by atoms with van der Waals surface area (Å²) in [6, 6.07) is 0. The quantitative estimate of drug-likeness (QED) is 0.450. The molecule has 4 heteroatoms. The molecule has 0 aromatic carbocycles. The van der Waals surface area contributed by atoms with Crippen LogP contribution in [-0.2, 0) is 4.84 Å². The van der Waals surface area contributed by atoms with E-state index in [2.05, 4.69) is 5.16 Å². The molecular weight excluding hydrogens is 160 g/mol. The van der Waals surface area contributed by atoms with Crippen LogP contribution in [0.25, 0.3) is 0 Å². The van der Waals surface area contributed by atoms with Gasteiger partial charge < -0.3 is 4.84 Å². The monoisotopic (exact) mass is 172 g/mol. The van der Waals surface area contributed by atoms with E-state index in [0.717, 1.165) is 11.5 Å². The first-order valence-corrected chi connectivity index (χ1v) is 4.29. The van der Waals surface area contributed by atoms with Gasteiger partial charge in [0.25, 0.3) is 0 Å². The maximum absolute atomic E-state index is 7.22. The molecule has 0 bridgehead atoms. The Kier molecular flexibility index (Phi) is 2.23. The average Bonchev–Trinajstić information content (AvgIpc) is 2.08. The molecule has 1 rings (SSSR count). The minimum Gasteiger partial charge on any atom is -0.389 e. The predicted octanol–water partition coefficient (Wildman–Crippen LogP) is 2.23. The van der Waals surface area contributed by atoms with Gasteiger partial charge in [0.05, 0.1) is 5.04 Å². The fraction of sp³-hybridized carbons (Fsp3) is 0.714. The highest BCUT2D eigenvalue weighted by Crippen LogP contribution is 2.27. The second kappa shape index (κ2) is 2.85. The fourth-order valence-corrected chi connectivity index (χ4v) is 1.68. The van der Waals surface area contributed by atoms with E-state index in [4.69, 9.17) is 10.2 Å². The third-order valence-corrected chi connectivity index (χ3v) is 2.00. The van der Waals surface area contributed by atoms with Crippen molar-refractivity contribution in [1.29, 1.82) is 5.41 Å². The SMILES string of the molecule is CC(=N)SC1=NOC(C)(C)C1. The van der Waals surface area contributed by atoms with Crippen LogP contribution in [0.15, 0.2) is 5.16 Å². The van der Waals surface area contributed by atoms with Crippen LogP contribution in [0.1, 0.15) is 27.2 Å². The highest BCUT2D eigenvalue weighted by molar-refractivity contribution is 8.26. The Morgan fingerprint density at radius 3 is 2.73 bits per heavy atom. The maximum Gasteiger partial charge on any atom is 0.138 e. The Morgan fingerprint density at radius 2 is 2.36 bits per heavy atom. The van der Waals surface area contributed by atoms with Gasteiger partial charge in [0.1, 0.15) is 10.6 Å². The van der Waals surface area contributed by atoms with Crippen molar-refractivity contribution in [2.24, 2.45) is 5.16 Å². The van der Waals surface area contributed by atoms with Crippen LogP contribution in [0.5, 0.6) is 0 Å². The molecule has 0 atom stereocenters. The number of thioether (sulfide) groups is 1. The lowest BCUT2D eigenvalue weighted by atomic mass is 10.1. The van der Waals surface area contributed by atoms with Crippen LogP contribution in [0.4, 0.5) is 0 Å². The van der Waals surface area contributed by atoms with Crippen molar-refractivity contribution in [2.75, 3.05) is 0 Å². The van der Waals surface area contributed by atoms with Gasteiger partial charge in [0.2, 0.25) is 0 Å². The van der Waals surface area contributed by atoms with Crippen LogP contribution in [-0.4, -0.2) is 15.7 Å². The van der Waals surface area contributed by atoms with Gasteiger partial charge in [-0.15, -0.1) is 0 Å². The van der Waals surface area contributed by atoms with Gasteiger partial charge in [-0.05, 0) is 20.8 Å². The molecular formula is C7H12N2OS. The largest absolute Gasteiger partial charge is 0.389 e. The first-order valence-electron chi connectivity index (χ1n) is 3.48. The topological polar surface area (TPSA) is 45.4 Å². The number of rotatable bonds is 0. The van der Waals surface area contributed by atoms with Crippen LogP contribution in [0, 0.1) is 5.41 Å². The third-order valence-electron chi connectivity index (χ3n) is 1.24. The van der Waals surface area contributed by atoms with Crippen molar-refractivity contribution in [3.63, 3.8) is 0 Å². The smallest absolute Gasteiger partial charge is 0.138 e. The molecule has 3 nitrogen and oxygen atoms in total. The molecule has 0 spiro atoms. The lowest BCUT2D eigenvalue weighted by Crippen LogP contribution is -2.18. The van der Waals surface area contributed by atoms with Crippen molar-refractivity contribution in [1.82, 2.24) is 0 Å². The van der Waals surface area contributed by atoms with Crippen LogP contribution >= 0.6 is 11.8 Å². The van der Waals surface area contributed by atoms with E-state index in [-0.39, 0.29) is 5.60 Å². The van der Waals surface area contributed by atoms with E-state index in [1.807, 2.05) is 13.8 Å². The molecule has 0 amide bonds. The average molecular weight is 172 g/mol. The Hall–Kier alpha value is -0.510. The Bertz CT molecular complexity index is 210. The Morgan fingerprint density at radius 1 is 1.73 bits per heavy atom. The van der Waals surface area contributed by atoms with Crippen molar-refractivity contribution < 1.29 is 4.84 Å². The summed E-state index contributed by atoms with van der Waals surface area (Å²) in [7, 11) is 0. The Labute approximate surface area is 70.7 Å². The minimum absolute atomic E-state index is 0.169. The summed E-state index contributed by atoms with van der Waals surface area (Å²) in [5.74, 6) is 0. The first-order chi connectivity index (χ1) is 4.99. The zero-order valence-electron chi connectivity index (χ0n) is 6.97. The first kappa shape index (κ1) is 8.59. The highest BCUT2D eigenvalue weighted by atomic mass is 32.2. The summed E-state index contributed by atoms with van der Waals surface area (Å²) in [6.45, 7) is 5.73. The molecule has 1 aliphatic rings. The lowest BCUT2D eigenvalue weighted by molar-refractivity contribution is 0.0123. The maximum atomic E-state index is 7.22. The molecule has 0 fully saturated rings. The van der Waals surface area contributed by atoms with Gasteiger partial charge in [0.15, 0.2) is 0 Å². The fourth-order valence-electron chi connectivity index (χ4n) is 0.835.